The van der Waals surface area contributed by atoms with Crippen molar-refractivity contribution in [2.24, 2.45) is 0 Å². The van der Waals surface area contributed by atoms with Crippen LogP contribution in [0.15, 0.2) is 30.3 Å². The van der Waals surface area contributed by atoms with E-state index in [4.69, 9.17) is 5.73 Å². The number of nitrogens with two attached hydrogens (primary N) is 1. The predicted octanol–water partition coefficient (Wildman–Crippen LogP) is 3.77. The molecule has 0 aliphatic heterocycles. The number of benzene rings is 1. The molecule has 1 saturated carbocycles. The first-order chi connectivity index (χ1) is 10.4. The molecule has 124 valence electrons. The van der Waals surface area contributed by atoms with Crippen LogP contribution in [0.3, 0.4) is 0 Å². The van der Waals surface area contributed by atoms with Crippen LogP contribution < -0.4 is 11.1 Å². The number of nitrogens with one attached hydrogen (secondary N) is 1. The highest BCUT2D eigenvalue weighted by atomic mass is 35.5. The number of carbonyl (C=O) groups is 1. The van der Waals surface area contributed by atoms with Crippen LogP contribution in [0.5, 0.6) is 0 Å². The Bertz CT molecular complexity index is 714. The number of rotatable bonds is 3. The second-order valence-corrected chi connectivity index (χ2v) is 6.85. The second-order valence-electron chi connectivity index (χ2n) is 6.85. The molecule has 1 fully saturated rings. The Morgan fingerprint density at radius 3 is 2.52 bits per heavy atom. The molecule has 1 aromatic carbocycles. The Morgan fingerprint density at radius 2 is 1.96 bits per heavy atom. The Morgan fingerprint density at radius 1 is 1.30 bits per heavy atom. The molecule has 1 aromatic heterocycles. The molecule has 2 aromatic rings. The maximum Gasteiger partial charge on any atom is 0.276 e. The number of para-hydroxylation sites is 2. The number of nitrogens with zero attached hydrogens (tertiary/aromatic N) is 2. The Hall–Kier alpha value is -2.01. The molecule has 1 aliphatic carbocycles. The maximum atomic E-state index is 12.5. The van der Waals surface area contributed by atoms with Gasteiger partial charge in [0.05, 0.1) is 16.9 Å². The van der Waals surface area contributed by atoms with Crippen molar-refractivity contribution in [2.75, 3.05) is 11.1 Å². The van der Waals surface area contributed by atoms with Crippen molar-refractivity contribution in [1.29, 1.82) is 0 Å². The number of halogens is 1. The van der Waals surface area contributed by atoms with Crippen molar-refractivity contribution in [1.82, 2.24) is 9.78 Å². The third-order valence-electron chi connectivity index (χ3n) is 3.81. The van der Waals surface area contributed by atoms with E-state index < -0.39 is 0 Å². The third-order valence-corrected chi connectivity index (χ3v) is 3.81. The normalized spacial score (nSPS) is 14.2. The summed E-state index contributed by atoms with van der Waals surface area (Å²) >= 11 is 0. The van der Waals surface area contributed by atoms with E-state index in [2.05, 4.69) is 31.2 Å². The summed E-state index contributed by atoms with van der Waals surface area (Å²) in [5, 5.41) is 7.37. The summed E-state index contributed by atoms with van der Waals surface area (Å²) in [6, 6.07) is 9.14. The van der Waals surface area contributed by atoms with Crippen LogP contribution in [-0.4, -0.2) is 15.7 Å². The topological polar surface area (TPSA) is 72.9 Å². The number of aromatic nitrogens is 2. The quantitative estimate of drug-likeness (QED) is 0.839. The summed E-state index contributed by atoms with van der Waals surface area (Å²) in [5.41, 5.74) is 8.49. The number of anilines is 2. The zero-order valence-corrected chi connectivity index (χ0v) is 14.5. The largest absolute Gasteiger partial charge is 0.397 e. The SMILES string of the molecule is CC(C)(C)n1nc(C(=O)Nc2ccccc2N)cc1C1CC1.Cl. The average Bonchev–Trinajstić information content (AvgIpc) is 3.18. The van der Waals surface area contributed by atoms with Gasteiger partial charge in [0, 0.05) is 11.6 Å². The standard InChI is InChI=1S/C17H22N4O.ClH/c1-17(2,3)21-15(11-8-9-11)10-14(20-21)16(22)19-13-7-5-4-6-12(13)18;/h4-7,10-11H,8-9,18H2,1-3H3,(H,19,22);1H. The van der Waals surface area contributed by atoms with Gasteiger partial charge in [-0.1, -0.05) is 12.1 Å². The molecule has 5 nitrogen and oxygen atoms in total. The summed E-state index contributed by atoms with van der Waals surface area (Å²) in [5.74, 6) is 0.317. The van der Waals surface area contributed by atoms with Gasteiger partial charge in [0.1, 0.15) is 0 Å². The first kappa shape index (κ1) is 17.3. The summed E-state index contributed by atoms with van der Waals surface area (Å²) in [7, 11) is 0. The van der Waals surface area contributed by atoms with Gasteiger partial charge < -0.3 is 11.1 Å². The molecule has 0 bridgehead atoms. The second kappa shape index (κ2) is 6.24. The lowest BCUT2D eigenvalue weighted by molar-refractivity contribution is 0.102. The van der Waals surface area contributed by atoms with Gasteiger partial charge in [-0.15, -0.1) is 12.4 Å². The molecule has 0 saturated heterocycles. The Labute approximate surface area is 142 Å². The zero-order chi connectivity index (χ0) is 15.9. The molecule has 6 heteroatoms. The maximum absolute atomic E-state index is 12.5. The molecular weight excluding hydrogens is 312 g/mol. The van der Waals surface area contributed by atoms with Crippen molar-refractivity contribution in [3.8, 4) is 0 Å². The van der Waals surface area contributed by atoms with Gasteiger partial charge in [-0.25, -0.2) is 0 Å². The minimum Gasteiger partial charge on any atom is -0.397 e. The Balaban J connectivity index is 0.00000192. The van der Waals surface area contributed by atoms with Crippen LogP contribution in [0, 0.1) is 0 Å². The summed E-state index contributed by atoms with van der Waals surface area (Å²) in [4.78, 5) is 12.5. The van der Waals surface area contributed by atoms with E-state index in [1.165, 1.54) is 12.8 Å². The van der Waals surface area contributed by atoms with Crippen molar-refractivity contribution in [2.45, 2.75) is 45.1 Å². The number of hydrogen-bond donors (Lipinski definition) is 2. The monoisotopic (exact) mass is 334 g/mol. The first-order valence-electron chi connectivity index (χ1n) is 7.62. The fraction of sp³-hybridized carbons (Fsp3) is 0.412. The fourth-order valence-electron chi connectivity index (χ4n) is 2.51. The first-order valence-corrected chi connectivity index (χ1v) is 7.62. The van der Waals surface area contributed by atoms with Gasteiger partial charge in [0.2, 0.25) is 0 Å². The molecule has 0 radical (unpaired) electrons. The molecular formula is C17H23ClN4O. The van der Waals surface area contributed by atoms with Gasteiger partial charge in [0.15, 0.2) is 5.69 Å². The van der Waals surface area contributed by atoms with Crippen LogP contribution in [0.25, 0.3) is 0 Å². The summed E-state index contributed by atoms with van der Waals surface area (Å²) in [6.07, 6.45) is 2.35. The Kier molecular flexibility index (Phi) is 4.71. The van der Waals surface area contributed by atoms with Crippen molar-refractivity contribution in [3.63, 3.8) is 0 Å². The van der Waals surface area contributed by atoms with Crippen LogP contribution in [-0.2, 0) is 5.54 Å². The van der Waals surface area contributed by atoms with Crippen molar-refractivity contribution in [3.05, 3.63) is 41.7 Å². The van der Waals surface area contributed by atoms with Crippen LogP contribution in [0.4, 0.5) is 11.4 Å². The van der Waals surface area contributed by atoms with E-state index >= 15 is 0 Å². The minimum atomic E-state index is -0.220. The number of carbonyl (C=O) groups excluding carboxylic acids is 1. The molecule has 3 N–H and O–H groups in total. The van der Waals surface area contributed by atoms with E-state index in [1.807, 2.05) is 22.9 Å². The van der Waals surface area contributed by atoms with Crippen LogP contribution >= 0.6 is 12.4 Å². The van der Waals surface area contributed by atoms with Gasteiger partial charge in [0.25, 0.3) is 5.91 Å². The fourth-order valence-corrected chi connectivity index (χ4v) is 2.51. The van der Waals surface area contributed by atoms with Crippen molar-refractivity contribution < 1.29 is 4.79 Å². The zero-order valence-electron chi connectivity index (χ0n) is 13.7. The molecule has 0 unspecified atom stereocenters. The van der Waals surface area contributed by atoms with E-state index in [-0.39, 0.29) is 23.9 Å². The lowest BCUT2D eigenvalue weighted by atomic mass is 10.1. The van der Waals surface area contributed by atoms with E-state index in [0.29, 0.717) is 23.0 Å². The number of nitrogen functional groups attached to an aromatic ring is 1. The third kappa shape index (κ3) is 3.67. The summed E-state index contributed by atoms with van der Waals surface area (Å²) in [6.45, 7) is 6.30. The highest BCUT2D eigenvalue weighted by Crippen LogP contribution is 2.41. The van der Waals surface area contributed by atoms with Crippen LogP contribution in [0.1, 0.15) is 55.7 Å². The molecule has 1 heterocycles. The molecule has 3 rings (SSSR count). The van der Waals surface area contributed by atoms with Gasteiger partial charge in [-0.2, -0.15) is 5.10 Å². The van der Waals surface area contributed by atoms with Crippen LogP contribution in [0.2, 0.25) is 0 Å². The molecule has 1 amide bonds. The van der Waals surface area contributed by atoms with Gasteiger partial charge >= 0.3 is 0 Å². The van der Waals surface area contributed by atoms with Gasteiger partial charge in [-0.3, -0.25) is 9.48 Å². The van der Waals surface area contributed by atoms with Gasteiger partial charge in [-0.05, 0) is 51.8 Å². The van der Waals surface area contributed by atoms with E-state index in [0.717, 1.165) is 5.69 Å². The number of amides is 1. The molecule has 0 atom stereocenters. The highest BCUT2D eigenvalue weighted by molar-refractivity contribution is 6.04. The minimum absolute atomic E-state index is 0. The van der Waals surface area contributed by atoms with E-state index in [9.17, 15) is 4.79 Å². The molecule has 1 aliphatic rings. The molecule has 0 spiro atoms. The smallest absolute Gasteiger partial charge is 0.276 e. The predicted molar refractivity (Wildman–Crippen MR) is 95.3 cm³/mol. The summed E-state index contributed by atoms with van der Waals surface area (Å²) < 4.78 is 1.98. The highest BCUT2D eigenvalue weighted by Gasteiger charge is 2.32. The van der Waals surface area contributed by atoms with Crippen molar-refractivity contribution >= 4 is 29.7 Å². The molecule has 23 heavy (non-hydrogen) atoms. The number of hydrogen-bond acceptors (Lipinski definition) is 3. The lowest BCUT2D eigenvalue weighted by Gasteiger charge is -2.22. The lowest BCUT2D eigenvalue weighted by Crippen LogP contribution is -2.25. The van der Waals surface area contributed by atoms with E-state index in [1.54, 1.807) is 12.1 Å². The average molecular weight is 335 g/mol.